The molecule has 1 nitrogen and oxygen atoms in total. The van der Waals surface area contributed by atoms with Crippen LogP contribution in [0.4, 0.5) is 0 Å². The Morgan fingerprint density at radius 1 is 1.10 bits per heavy atom. The fourth-order valence-corrected chi connectivity index (χ4v) is 2.32. The van der Waals surface area contributed by atoms with Crippen LogP contribution in [0, 0.1) is 0 Å². The smallest absolute Gasteiger partial charge is 0.0112 e. The summed E-state index contributed by atoms with van der Waals surface area (Å²) in [7, 11) is 0. The molecule has 1 heteroatoms. The Bertz CT molecular complexity index is 377. The second-order valence-electron chi connectivity index (χ2n) is 4.16. The first-order valence-electron chi connectivity index (χ1n) is 7.86. The molecule has 0 saturated carbocycles. The Morgan fingerprint density at radius 3 is 2.30 bits per heavy atom. The standard InChI is InChI=1S/C14H19N.2C2H6.CH4/c1-2-11-6-7-12-4-3-5-13(8-9-15)14(12)10-11;2*1-2;/h6-8,10H,2-5,9,15H2,1H3;2*1-2H3;1H4/b13-8+;;;. The molecule has 1 aliphatic carbocycles. The molecule has 2 N–H and O–H groups in total. The van der Waals surface area contributed by atoms with Crippen molar-refractivity contribution in [2.45, 2.75) is 67.7 Å². The number of hydrogen-bond donors (Lipinski definition) is 1. The molecule has 0 fully saturated rings. The van der Waals surface area contributed by atoms with E-state index in [4.69, 9.17) is 5.73 Å². The molecule has 1 aliphatic rings. The molecule has 0 saturated heterocycles. The first-order chi connectivity index (χ1) is 9.35. The topological polar surface area (TPSA) is 26.0 Å². The van der Waals surface area contributed by atoms with Crippen LogP contribution >= 0.6 is 0 Å². The van der Waals surface area contributed by atoms with Crippen LogP contribution < -0.4 is 5.73 Å². The van der Waals surface area contributed by atoms with Gasteiger partial charge in [0, 0.05) is 6.54 Å². The quantitative estimate of drug-likeness (QED) is 0.746. The molecule has 1 aromatic rings. The maximum Gasteiger partial charge on any atom is 0.0112 e. The molecule has 116 valence electrons. The third-order valence-corrected chi connectivity index (χ3v) is 3.18. The predicted octanol–water partition coefficient (Wildman–Crippen LogP) is 5.62. The summed E-state index contributed by atoms with van der Waals surface area (Å²) in [5, 5.41) is 0. The predicted molar refractivity (Wildman–Crippen MR) is 95.2 cm³/mol. The lowest BCUT2D eigenvalue weighted by Crippen LogP contribution is -2.05. The van der Waals surface area contributed by atoms with E-state index in [0.29, 0.717) is 6.54 Å². The Labute approximate surface area is 127 Å². The summed E-state index contributed by atoms with van der Waals surface area (Å²) in [5.41, 5.74) is 11.4. The van der Waals surface area contributed by atoms with Gasteiger partial charge in [-0.25, -0.2) is 0 Å². The summed E-state index contributed by atoms with van der Waals surface area (Å²) in [6, 6.07) is 6.89. The van der Waals surface area contributed by atoms with Crippen LogP contribution in [0.25, 0.3) is 5.57 Å². The molecule has 0 amide bonds. The van der Waals surface area contributed by atoms with Crippen LogP contribution in [0.2, 0.25) is 0 Å². The van der Waals surface area contributed by atoms with Gasteiger partial charge in [-0.15, -0.1) is 0 Å². The Morgan fingerprint density at radius 2 is 1.75 bits per heavy atom. The molecular weight excluding hydrogens is 242 g/mol. The van der Waals surface area contributed by atoms with Crippen molar-refractivity contribution in [1.29, 1.82) is 0 Å². The second-order valence-corrected chi connectivity index (χ2v) is 4.16. The normalized spacial score (nSPS) is 14.0. The van der Waals surface area contributed by atoms with E-state index in [1.54, 1.807) is 0 Å². The molecule has 0 spiro atoms. The third kappa shape index (κ3) is 5.92. The van der Waals surface area contributed by atoms with Gasteiger partial charge in [0.05, 0.1) is 0 Å². The van der Waals surface area contributed by atoms with Gasteiger partial charge < -0.3 is 5.73 Å². The van der Waals surface area contributed by atoms with Crippen LogP contribution in [0.3, 0.4) is 0 Å². The number of benzene rings is 1. The van der Waals surface area contributed by atoms with Gasteiger partial charge in [-0.2, -0.15) is 0 Å². The van der Waals surface area contributed by atoms with E-state index in [2.05, 4.69) is 31.2 Å². The van der Waals surface area contributed by atoms with E-state index in [9.17, 15) is 0 Å². The molecule has 2 rings (SSSR count). The summed E-state index contributed by atoms with van der Waals surface area (Å²) < 4.78 is 0. The number of nitrogens with two attached hydrogens (primary N) is 1. The molecule has 0 heterocycles. The molecule has 0 radical (unpaired) electrons. The first kappa shape index (κ1) is 21.2. The lowest BCUT2D eigenvalue weighted by Gasteiger charge is -2.20. The van der Waals surface area contributed by atoms with Crippen molar-refractivity contribution in [2.75, 3.05) is 6.54 Å². The highest BCUT2D eigenvalue weighted by molar-refractivity contribution is 5.70. The van der Waals surface area contributed by atoms with Gasteiger partial charge in [0.1, 0.15) is 0 Å². The average Bonchev–Trinajstić information content (AvgIpc) is 2.51. The van der Waals surface area contributed by atoms with Gasteiger partial charge in [-0.3, -0.25) is 0 Å². The van der Waals surface area contributed by atoms with Crippen molar-refractivity contribution in [1.82, 2.24) is 0 Å². The van der Waals surface area contributed by atoms with Crippen molar-refractivity contribution in [3.8, 4) is 0 Å². The Hall–Kier alpha value is -1.08. The minimum atomic E-state index is 0. The lowest BCUT2D eigenvalue weighted by atomic mass is 9.86. The summed E-state index contributed by atoms with van der Waals surface area (Å²) in [6.07, 6.45) is 6.98. The largest absolute Gasteiger partial charge is 0.327 e. The van der Waals surface area contributed by atoms with Crippen molar-refractivity contribution in [2.24, 2.45) is 5.73 Å². The van der Waals surface area contributed by atoms with Crippen molar-refractivity contribution in [3.63, 3.8) is 0 Å². The zero-order chi connectivity index (χ0) is 14.7. The molecule has 0 atom stereocenters. The van der Waals surface area contributed by atoms with Gasteiger partial charge in [0.2, 0.25) is 0 Å². The van der Waals surface area contributed by atoms with E-state index in [0.717, 1.165) is 6.42 Å². The van der Waals surface area contributed by atoms with Gasteiger partial charge in [-0.05, 0) is 47.9 Å². The first-order valence-corrected chi connectivity index (χ1v) is 7.86. The molecule has 0 aliphatic heterocycles. The third-order valence-electron chi connectivity index (χ3n) is 3.18. The van der Waals surface area contributed by atoms with Crippen LogP contribution in [0.15, 0.2) is 24.3 Å². The van der Waals surface area contributed by atoms with E-state index in [1.165, 1.54) is 41.5 Å². The summed E-state index contributed by atoms with van der Waals surface area (Å²) in [5.74, 6) is 0. The van der Waals surface area contributed by atoms with E-state index in [1.807, 2.05) is 27.7 Å². The van der Waals surface area contributed by atoms with Crippen molar-refractivity contribution < 1.29 is 0 Å². The highest BCUT2D eigenvalue weighted by atomic mass is 14.5. The highest BCUT2D eigenvalue weighted by Crippen LogP contribution is 2.31. The molecular formula is C19H35N. The molecule has 20 heavy (non-hydrogen) atoms. The number of hydrogen-bond acceptors (Lipinski definition) is 1. The van der Waals surface area contributed by atoms with Crippen molar-refractivity contribution in [3.05, 3.63) is 41.0 Å². The van der Waals surface area contributed by atoms with Gasteiger partial charge in [0.25, 0.3) is 0 Å². The molecule has 0 bridgehead atoms. The second kappa shape index (κ2) is 12.9. The fraction of sp³-hybridized carbons (Fsp3) is 0.579. The maximum atomic E-state index is 5.61. The Kier molecular flexibility index (Phi) is 13.7. The minimum absolute atomic E-state index is 0. The monoisotopic (exact) mass is 277 g/mol. The van der Waals surface area contributed by atoms with E-state index in [-0.39, 0.29) is 7.43 Å². The van der Waals surface area contributed by atoms with Crippen LogP contribution in [-0.4, -0.2) is 6.54 Å². The lowest BCUT2D eigenvalue weighted by molar-refractivity contribution is 0.818. The van der Waals surface area contributed by atoms with E-state index < -0.39 is 0 Å². The fourth-order valence-electron chi connectivity index (χ4n) is 2.32. The van der Waals surface area contributed by atoms with Crippen LogP contribution in [-0.2, 0) is 12.8 Å². The van der Waals surface area contributed by atoms with E-state index >= 15 is 0 Å². The number of aryl methyl sites for hydroxylation is 2. The maximum absolute atomic E-state index is 5.61. The average molecular weight is 277 g/mol. The number of allylic oxidation sites excluding steroid dienone is 1. The zero-order valence-corrected chi connectivity index (χ0v) is 13.4. The molecule has 0 unspecified atom stereocenters. The summed E-state index contributed by atoms with van der Waals surface area (Å²) in [6.45, 7) is 10.9. The van der Waals surface area contributed by atoms with Crippen molar-refractivity contribution >= 4 is 5.57 Å². The van der Waals surface area contributed by atoms with Gasteiger partial charge in [-0.1, -0.05) is 66.3 Å². The molecule has 0 aromatic heterocycles. The highest BCUT2D eigenvalue weighted by Gasteiger charge is 2.13. The minimum Gasteiger partial charge on any atom is -0.327 e. The van der Waals surface area contributed by atoms with Gasteiger partial charge >= 0.3 is 0 Å². The number of fused-ring (bicyclic) bond motifs is 1. The SMILES string of the molecule is C.CC.CC.CCc1ccc2c(c1)/C(=C/CN)CCC2. The number of rotatable bonds is 2. The van der Waals surface area contributed by atoms with Gasteiger partial charge in [0.15, 0.2) is 0 Å². The summed E-state index contributed by atoms with van der Waals surface area (Å²) in [4.78, 5) is 0. The van der Waals surface area contributed by atoms with Crippen LogP contribution in [0.1, 0.15) is 71.6 Å². The summed E-state index contributed by atoms with van der Waals surface area (Å²) >= 11 is 0. The molecule has 1 aromatic carbocycles. The van der Waals surface area contributed by atoms with Crippen LogP contribution in [0.5, 0.6) is 0 Å². The Balaban J connectivity index is 0. The zero-order valence-electron chi connectivity index (χ0n) is 13.4.